The van der Waals surface area contributed by atoms with E-state index in [2.05, 4.69) is 17.6 Å². The molecule has 126 valence electrons. The molecule has 5 nitrogen and oxygen atoms in total. The third-order valence-electron chi connectivity index (χ3n) is 4.28. The lowest BCUT2D eigenvalue weighted by atomic mass is 9.88. The molecule has 1 aromatic rings. The first-order valence-corrected chi connectivity index (χ1v) is 8.33. The van der Waals surface area contributed by atoms with Gasteiger partial charge in [0.2, 0.25) is 0 Å². The predicted molar refractivity (Wildman–Crippen MR) is 90.8 cm³/mol. The van der Waals surface area contributed by atoms with E-state index in [0.29, 0.717) is 36.4 Å². The maximum atomic E-state index is 11.8. The molecule has 1 aromatic carbocycles. The summed E-state index contributed by atoms with van der Waals surface area (Å²) in [5.74, 6) is 0.580. The van der Waals surface area contributed by atoms with Crippen molar-refractivity contribution in [1.29, 1.82) is 0 Å². The van der Waals surface area contributed by atoms with Crippen molar-refractivity contribution in [1.82, 2.24) is 5.32 Å². The van der Waals surface area contributed by atoms with Crippen LogP contribution in [0.5, 0.6) is 0 Å². The number of nitrogens with one attached hydrogen (secondary N) is 2. The van der Waals surface area contributed by atoms with Gasteiger partial charge < -0.3 is 15.4 Å². The molecule has 23 heavy (non-hydrogen) atoms. The second-order valence-electron chi connectivity index (χ2n) is 6.19. The van der Waals surface area contributed by atoms with Gasteiger partial charge in [0.25, 0.3) is 0 Å². The summed E-state index contributed by atoms with van der Waals surface area (Å²) < 4.78 is 5.86. The van der Waals surface area contributed by atoms with E-state index in [1.807, 2.05) is 0 Å². The molecule has 0 saturated heterocycles. The highest BCUT2D eigenvalue weighted by atomic mass is 16.5. The number of rotatable bonds is 6. The summed E-state index contributed by atoms with van der Waals surface area (Å²) in [6.07, 6.45) is 5.19. The SMILES string of the molecule is CC(=O)c1cccc(NC(=O)NCCO[C@@H]2CCCC[C@H]2C)c1. The third kappa shape index (κ3) is 5.67. The van der Waals surface area contributed by atoms with Crippen molar-refractivity contribution in [3.63, 3.8) is 0 Å². The Balaban J connectivity index is 1.69. The summed E-state index contributed by atoms with van der Waals surface area (Å²) in [7, 11) is 0. The molecule has 2 atom stereocenters. The molecule has 1 saturated carbocycles. The molecule has 0 unspecified atom stereocenters. The Morgan fingerprint density at radius 1 is 1.26 bits per heavy atom. The maximum Gasteiger partial charge on any atom is 0.319 e. The molecule has 2 N–H and O–H groups in total. The number of Topliss-reactive ketones (excluding diaryl/α,β-unsaturated/α-hetero) is 1. The molecule has 0 heterocycles. The van der Waals surface area contributed by atoms with Gasteiger partial charge >= 0.3 is 6.03 Å². The topological polar surface area (TPSA) is 67.4 Å². The van der Waals surface area contributed by atoms with Gasteiger partial charge in [-0.25, -0.2) is 4.79 Å². The fourth-order valence-corrected chi connectivity index (χ4v) is 2.90. The van der Waals surface area contributed by atoms with Crippen molar-refractivity contribution in [2.75, 3.05) is 18.5 Å². The highest BCUT2D eigenvalue weighted by molar-refractivity contribution is 5.96. The highest BCUT2D eigenvalue weighted by Crippen LogP contribution is 2.25. The Hall–Kier alpha value is -1.88. The monoisotopic (exact) mass is 318 g/mol. The van der Waals surface area contributed by atoms with Crippen LogP contribution in [0.3, 0.4) is 0 Å². The van der Waals surface area contributed by atoms with Gasteiger partial charge in [-0.1, -0.05) is 31.9 Å². The predicted octanol–water partition coefficient (Wildman–Crippen LogP) is 3.61. The first-order valence-electron chi connectivity index (χ1n) is 8.33. The van der Waals surface area contributed by atoms with E-state index in [4.69, 9.17) is 4.74 Å². The lowest BCUT2D eigenvalue weighted by molar-refractivity contribution is -0.00232. The van der Waals surface area contributed by atoms with Crippen LogP contribution in [0.4, 0.5) is 10.5 Å². The third-order valence-corrected chi connectivity index (χ3v) is 4.28. The normalized spacial score (nSPS) is 20.8. The minimum absolute atomic E-state index is 0.0240. The van der Waals surface area contributed by atoms with E-state index in [1.165, 1.54) is 26.2 Å². The summed E-state index contributed by atoms with van der Waals surface area (Å²) in [6.45, 7) is 4.73. The summed E-state index contributed by atoms with van der Waals surface area (Å²) in [6, 6.07) is 6.62. The molecule has 0 aliphatic heterocycles. The number of ketones is 1. The molecule has 1 aliphatic carbocycles. The standard InChI is InChI=1S/C18H26N2O3/c1-13-6-3-4-9-17(13)23-11-10-19-18(22)20-16-8-5-7-15(12-16)14(2)21/h5,7-8,12-13,17H,3-4,6,9-11H2,1-2H3,(H2,19,20,22)/t13-,17-/m1/s1. The van der Waals surface area contributed by atoms with E-state index in [1.54, 1.807) is 24.3 Å². The molecule has 0 radical (unpaired) electrons. The summed E-state index contributed by atoms with van der Waals surface area (Å²) in [5, 5.41) is 5.50. The molecular formula is C18H26N2O3. The van der Waals surface area contributed by atoms with Crippen molar-refractivity contribution in [3.8, 4) is 0 Å². The fraction of sp³-hybridized carbons (Fsp3) is 0.556. The van der Waals surface area contributed by atoms with Crippen LogP contribution >= 0.6 is 0 Å². The molecular weight excluding hydrogens is 292 g/mol. The molecule has 0 bridgehead atoms. The van der Waals surface area contributed by atoms with Gasteiger partial charge in [0.15, 0.2) is 5.78 Å². The average molecular weight is 318 g/mol. The van der Waals surface area contributed by atoms with Crippen molar-refractivity contribution in [2.45, 2.75) is 45.6 Å². The molecule has 2 amide bonds. The van der Waals surface area contributed by atoms with Crippen molar-refractivity contribution < 1.29 is 14.3 Å². The fourth-order valence-electron chi connectivity index (χ4n) is 2.90. The summed E-state index contributed by atoms with van der Waals surface area (Å²) in [4.78, 5) is 23.2. The highest BCUT2D eigenvalue weighted by Gasteiger charge is 2.21. The second kappa shape index (κ2) is 8.67. The average Bonchev–Trinajstić information content (AvgIpc) is 2.53. The molecule has 1 fully saturated rings. The first-order chi connectivity index (χ1) is 11.1. The van der Waals surface area contributed by atoms with Crippen LogP contribution in [-0.2, 0) is 4.74 Å². The Bertz CT molecular complexity index is 545. The van der Waals surface area contributed by atoms with Crippen LogP contribution in [0, 0.1) is 5.92 Å². The molecule has 5 heteroatoms. The van der Waals surface area contributed by atoms with Crippen molar-refractivity contribution in [2.24, 2.45) is 5.92 Å². The number of urea groups is 1. The zero-order valence-corrected chi connectivity index (χ0v) is 13.9. The van der Waals surface area contributed by atoms with Crippen LogP contribution < -0.4 is 10.6 Å². The lowest BCUT2D eigenvalue weighted by Gasteiger charge is -2.28. The largest absolute Gasteiger partial charge is 0.376 e. The van der Waals surface area contributed by atoms with E-state index in [9.17, 15) is 9.59 Å². The summed E-state index contributed by atoms with van der Waals surface area (Å²) in [5.41, 5.74) is 1.19. The molecule has 2 rings (SSSR count). The Kier molecular flexibility index (Phi) is 6.59. The van der Waals surface area contributed by atoms with Gasteiger partial charge in [-0.3, -0.25) is 4.79 Å². The lowest BCUT2D eigenvalue weighted by Crippen LogP contribution is -2.34. The van der Waals surface area contributed by atoms with Crippen LogP contribution in [0.15, 0.2) is 24.3 Å². The molecule has 1 aliphatic rings. The van der Waals surface area contributed by atoms with Crippen LogP contribution in [0.1, 0.15) is 49.9 Å². The number of anilines is 1. The van der Waals surface area contributed by atoms with Gasteiger partial charge in [0.05, 0.1) is 12.7 Å². The van der Waals surface area contributed by atoms with Crippen LogP contribution in [0.25, 0.3) is 0 Å². The zero-order chi connectivity index (χ0) is 16.7. The van der Waals surface area contributed by atoms with E-state index in [0.717, 1.165) is 6.42 Å². The number of ether oxygens (including phenoxy) is 1. The van der Waals surface area contributed by atoms with Gasteiger partial charge in [0.1, 0.15) is 0 Å². The minimum atomic E-state index is -0.286. The molecule has 0 aromatic heterocycles. The van der Waals surface area contributed by atoms with Crippen LogP contribution in [0.2, 0.25) is 0 Å². The molecule has 0 spiro atoms. The number of carbonyl (C=O) groups excluding carboxylic acids is 2. The van der Waals surface area contributed by atoms with Crippen LogP contribution in [-0.4, -0.2) is 31.1 Å². The summed E-state index contributed by atoms with van der Waals surface area (Å²) >= 11 is 0. The van der Waals surface area contributed by atoms with Gasteiger partial charge in [0, 0.05) is 17.8 Å². The number of hydrogen-bond donors (Lipinski definition) is 2. The van der Waals surface area contributed by atoms with E-state index < -0.39 is 0 Å². The Morgan fingerprint density at radius 2 is 2.04 bits per heavy atom. The van der Waals surface area contributed by atoms with Gasteiger partial charge in [-0.05, 0) is 37.8 Å². The number of benzene rings is 1. The van der Waals surface area contributed by atoms with Crippen molar-refractivity contribution >= 4 is 17.5 Å². The van der Waals surface area contributed by atoms with Gasteiger partial charge in [-0.2, -0.15) is 0 Å². The van der Waals surface area contributed by atoms with Gasteiger partial charge in [-0.15, -0.1) is 0 Å². The number of hydrogen-bond acceptors (Lipinski definition) is 3. The second-order valence-corrected chi connectivity index (χ2v) is 6.19. The Morgan fingerprint density at radius 3 is 2.78 bits per heavy atom. The van der Waals surface area contributed by atoms with Crippen molar-refractivity contribution in [3.05, 3.63) is 29.8 Å². The number of carbonyl (C=O) groups is 2. The smallest absolute Gasteiger partial charge is 0.319 e. The Labute approximate surface area is 137 Å². The first kappa shape index (κ1) is 17.5. The number of amides is 2. The quantitative estimate of drug-likeness (QED) is 0.622. The minimum Gasteiger partial charge on any atom is -0.376 e. The maximum absolute atomic E-state index is 11.8. The van der Waals surface area contributed by atoms with E-state index in [-0.39, 0.29) is 11.8 Å². The zero-order valence-electron chi connectivity index (χ0n) is 13.9. The van der Waals surface area contributed by atoms with E-state index >= 15 is 0 Å².